The SMILES string of the molecule is CCc1nnc2n1C(C)CC2. The third kappa shape index (κ3) is 0.870. The number of nitrogens with zero attached hydrogens (tertiary/aromatic N) is 3. The van der Waals surface area contributed by atoms with E-state index in [1.165, 1.54) is 12.2 Å². The Labute approximate surface area is 66.4 Å². The molecule has 0 fully saturated rings. The van der Waals surface area contributed by atoms with Crippen molar-refractivity contribution >= 4 is 0 Å². The molecule has 0 bridgehead atoms. The van der Waals surface area contributed by atoms with E-state index in [-0.39, 0.29) is 0 Å². The van der Waals surface area contributed by atoms with E-state index in [9.17, 15) is 0 Å². The Hall–Kier alpha value is -0.860. The number of hydrogen-bond acceptors (Lipinski definition) is 2. The average Bonchev–Trinajstić information content (AvgIpc) is 2.54. The van der Waals surface area contributed by atoms with E-state index in [1.54, 1.807) is 0 Å². The van der Waals surface area contributed by atoms with Crippen LogP contribution in [0.3, 0.4) is 0 Å². The molecule has 60 valence electrons. The molecule has 0 spiro atoms. The Morgan fingerprint density at radius 1 is 1.55 bits per heavy atom. The van der Waals surface area contributed by atoms with Crippen LogP contribution in [-0.4, -0.2) is 14.8 Å². The molecule has 0 aromatic carbocycles. The molecule has 11 heavy (non-hydrogen) atoms. The molecule has 3 nitrogen and oxygen atoms in total. The van der Waals surface area contributed by atoms with Crippen molar-refractivity contribution < 1.29 is 0 Å². The summed E-state index contributed by atoms with van der Waals surface area (Å²) in [4.78, 5) is 0. The first-order valence-corrected chi connectivity index (χ1v) is 4.25. The Morgan fingerprint density at radius 2 is 2.36 bits per heavy atom. The zero-order valence-corrected chi connectivity index (χ0v) is 7.04. The van der Waals surface area contributed by atoms with E-state index >= 15 is 0 Å². The van der Waals surface area contributed by atoms with Crippen molar-refractivity contribution in [1.29, 1.82) is 0 Å². The smallest absolute Gasteiger partial charge is 0.133 e. The van der Waals surface area contributed by atoms with Gasteiger partial charge in [-0.05, 0) is 13.3 Å². The molecule has 3 heteroatoms. The van der Waals surface area contributed by atoms with Crippen molar-refractivity contribution in [1.82, 2.24) is 14.8 Å². The van der Waals surface area contributed by atoms with Crippen LogP contribution < -0.4 is 0 Å². The lowest BCUT2D eigenvalue weighted by Crippen LogP contribution is -2.03. The van der Waals surface area contributed by atoms with E-state index in [0.717, 1.165) is 18.7 Å². The summed E-state index contributed by atoms with van der Waals surface area (Å²) in [7, 11) is 0. The first-order chi connectivity index (χ1) is 5.33. The van der Waals surface area contributed by atoms with Crippen molar-refractivity contribution in [3.8, 4) is 0 Å². The van der Waals surface area contributed by atoms with Crippen LogP contribution in [0.5, 0.6) is 0 Å². The highest BCUT2D eigenvalue weighted by molar-refractivity contribution is 5.03. The molecule has 1 aromatic rings. The molecule has 0 saturated heterocycles. The van der Waals surface area contributed by atoms with E-state index in [4.69, 9.17) is 0 Å². The maximum absolute atomic E-state index is 4.13. The topological polar surface area (TPSA) is 30.7 Å². The third-order valence-corrected chi connectivity index (χ3v) is 2.38. The largest absolute Gasteiger partial charge is 0.312 e. The predicted molar refractivity (Wildman–Crippen MR) is 42.4 cm³/mol. The van der Waals surface area contributed by atoms with Gasteiger partial charge in [0.2, 0.25) is 0 Å². The lowest BCUT2D eigenvalue weighted by atomic mass is 10.2. The zero-order chi connectivity index (χ0) is 7.84. The highest BCUT2D eigenvalue weighted by Crippen LogP contribution is 2.24. The van der Waals surface area contributed by atoms with Crippen LogP contribution in [0.1, 0.15) is 38.0 Å². The molecule has 1 aromatic heterocycles. The molecule has 0 aliphatic carbocycles. The highest BCUT2D eigenvalue weighted by Gasteiger charge is 2.22. The van der Waals surface area contributed by atoms with Gasteiger partial charge in [-0.25, -0.2) is 0 Å². The summed E-state index contributed by atoms with van der Waals surface area (Å²) < 4.78 is 2.28. The number of aryl methyl sites for hydroxylation is 2. The molecule has 2 rings (SSSR count). The van der Waals surface area contributed by atoms with E-state index in [2.05, 4.69) is 28.6 Å². The molecule has 1 aliphatic heterocycles. The molecular formula is C8H13N3. The second kappa shape index (κ2) is 2.32. The summed E-state index contributed by atoms with van der Waals surface area (Å²) in [6.07, 6.45) is 3.34. The minimum atomic E-state index is 0.620. The van der Waals surface area contributed by atoms with Crippen molar-refractivity contribution in [3.63, 3.8) is 0 Å². The van der Waals surface area contributed by atoms with Crippen molar-refractivity contribution in [3.05, 3.63) is 11.6 Å². The summed E-state index contributed by atoms with van der Waals surface area (Å²) in [6.45, 7) is 4.36. The lowest BCUT2D eigenvalue weighted by Gasteiger charge is -2.06. The van der Waals surface area contributed by atoms with Crippen molar-refractivity contribution in [2.75, 3.05) is 0 Å². The molecule has 0 amide bonds. The van der Waals surface area contributed by atoms with E-state index < -0.39 is 0 Å². The quantitative estimate of drug-likeness (QED) is 0.606. The van der Waals surface area contributed by atoms with E-state index in [1.807, 2.05) is 0 Å². The van der Waals surface area contributed by atoms with Gasteiger partial charge >= 0.3 is 0 Å². The molecule has 1 aliphatic rings. The highest BCUT2D eigenvalue weighted by atomic mass is 15.3. The predicted octanol–water partition coefficient (Wildman–Crippen LogP) is 1.35. The van der Waals surface area contributed by atoms with Crippen LogP contribution in [0.2, 0.25) is 0 Å². The Kier molecular flexibility index (Phi) is 1.44. The standard InChI is InChI=1S/C8H13N3/c1-3-7-9-10-8-5-4-6(2)11(7)8/h6H,3-5H2,1-2H3. The van der Waals surface area contributed by atoms with E-state index in [0.29, 0.717) is 6.04 Å². The third-order valence-electron chi connectivity index (χ3n) is 2.38. The summed E-state index contributed by atoms with van der Waals surface area (Å²) in [5.41, 5.74) is 0. The fraction of sp³-hybridized carbons (Fsp3) is 0.750. The number of aromatic nitrogens is 3. The number of hydrogen-bond donors (Lipinski definition) is 0. The number of fused-ring (bicyclic) bond motifs is 1. The minimum Gasteiger partial charge on any atom is -0.312 e. The lowest BCUT2D eigenvalue weighted by molar-refractivity contribution is 0.554. The second-order valence-electron chi connectivity index (χ2n) is 3.14. The Bertz CT molecular complexity index is 264. The summed E-state index contributed by atoms with van der Waals surface area (Å²) in [5.74, 6) is 2.32. The van der Waals surface area contributed by atoms with Crippen LogP contribution in [0.25, 0.3) is 0 Å². The molecule has 0 N–H and O–H groups in total. The van der Waals surface area contributed by atoms with Gasteiger partial charge in [0.1, 0.15) is 11.6 Å². The van der Waals surface area contributed by atoms with Gasteiger partial charge < -0.3 is 4.57 Å². The molecule has 1 unspecified atom stereocenters. The molecule has 1 atom stereocenters. The second-order valence-corrected chi connectivity index (χ2v) is 3.14. The van der Waals surface area contributed by atoms with Crippen LogP contribution in [0, 0.1) is 0 Å². The first-order valence-electron chi connectivity index (χ1n) is 4.25. The van der Waals surface area contributed by atoms with Gasteiger partial charge in [0.05, 0.1) is 0 Å². The van der Waals surface area contributed by atoms with Crippen LogP contribution in [0.15, 0.2) is 0 Å². The van der Waals surface area contributed by atoms with Crippen LogP contribution >= 0.6 is 0 Å². The van der Waals surface area contributed by atoms with Crippen LogP contribution in [-0.2, 0) is 12.8 Å². The summed E-state index contributed by atoms with van der Waals surface area (Å²) in [6, 6.07) is 0.620. The zero-order valence-electron chi connectivity index (χ0n) is 7.04. The van der Waals surface area contributed by atoms with Gasteiger partial charge in [-0.1, -0.05) is 6.92 Å². The fourth-order valence-electron chi connectivity index (χ4n) is 1.75. The molecule has 0 radical (unpaired) electrons. The normalized spacial score (nSPS) is 22.2. The first kappa shape index (κ1) is 6.83. The summed E-state index contributed by atoms with van der Waals surface area (Å²) >= 11 is 0. The molecule has 0 saturated carbocycles. The maximum atomic E-state index is 4.13. The number of rotatable bonds is 1. The average molecular weight is 151 g/mol. The Balaban J connectivity index is 2.46. The fourth-order valence-corrected chi connectivity index (χ4v) is 1.75. The van der Waals surface area contributed by atoms with Gasteiger partial charge in [-0.3, -0.25) is 0 Å². The van der Waals surface area contributed by atoms with Gasteiger partial charge in [0.25, 0.3) is 0 Å². The summed E-state index contributed by atoms with van der Waals surface area (Å²) in [5, 5.41) is 8.25. The molecular weight excluding hydrogens is 138 g/mol. The van der Waals surface area contributed by atoms with Gasteiger partial charge in [0, 0.05) is 18.9 Å². The van der Waals surface area contributed by atoms with Gasteiger partial charge in [-0.2, -0.15) is 0 Å². The van der Waals surface area contributed by atoms with Crippen molar-refractivity contribution in [2.45, 2.75) is 39.2 Å². The molecule has 2 heterocycles. The van der Waals surface area contributed by atoms with Crippen LogP contribution in [0.4, 0.5) is 0 Å². The monoisotopic (exact) mass is 151 g/mol. The Morgan fingerprint density at radius 3 is 3.09 bits per heavy atom. The van der Waals surface area contributed by atoms with Gasteiger partial charge in [-0.15, -0.1) is 10.2 Å². The maximum Gasteiger partial charge on any atom is 0.133 e. The van der Waals surface area contributed by atoms with Gasteiger partial charge in [0.15, 0.2) is 0 Å². The van der Waals surface area contributed by atoms with Crippen molar-refractivity contribution in [2.24, 2.45) is 0 Å². The minimum absolute atomic E-state index is 0.620.